The predicted molar refractivity (Wildman–Crippen MR) is 213 cm³/mol. The van der Waals surface area contributed by atoms with Crippen molar-refractivity contribution in [2.45, 2.75) is 244 Å². The molecule has 0 aliphatic carbocycles. The first kappa shape index (κ1) is 49.8. The zero-order valence-electron chi connectivity index (χ0n) is 34.0. The number of aliphatic carboxylic acids is 1. The summed E-state index contributed by atoms with van der Waals surface area (Å²) < 4.78 is 5.85. The van der Waals surface area contributed by atoms with Crippen molar-refractivity contribution < 1.29 is 34.1 Å². The maximum absolute atomic E-state index is 12.8. The van der Waals surface area contributed by atoms with E-state index in [4.69, 9.17) is 9.84 Å². The van der Waals surface area contributed by atoms with E-state index in [1.807, 2.05) is 0 Å². The minimum atomic E-state index is -1.34. The van der Waals surface area contributed by atoms with Crippen LogP contribution in [0, 0.1) is 0 Å². The molecule has 0 rings (SSSR count). The molecule has 2 amide bonds. The average molecular weight is 739 g/mol. The molecular weight excluding hydrogens is 656 g/mol. The number of nitrogens with one attached hydrogen (secondary N) is 2. The molecule has 0 spiro atoms. The number of hydrogen-bond acceptors (Lipinski definition) is 6. The topological polar surface area (TPSA) is 142 Å². The molecule has 0 aromatic carbocycles. The number of unbranched alkanes of at least 4 members (excludes halogenated alkanes) is 25. The lowest BCUT2D eigenvalue weighted by atomic mass is 10.0. The molecule has 4 N–H and O–H groups in total. The van der Waals surface area contributed by atoms with Crippen LogP contribution in [0.4, 0.5) is 0 Å². The van der Waals surface area contributed by atoms with E-state index in [0.717, 1.165) is 32.1 Å². The van der Waals surface area contributed by atoms with Crippen LogP contribution in [0.3, 0.4) is 0 Å². The zero-order valence-corrected chi connectivity index (χ0v) is 34.0. The Hall–Kier alpha value is -2.16. The number of aliphatic hydroxyl groups is 1. The second kappa shape index (κ2) is 37.2. The minimum Gasteiger partial charge on any atom is -0.480 e. The van der Waals surface area contributed by atoms with Crippen molar-refractivity contribution in [1.82, 2.24) is 10.6 Å². The lowest BCUT2D eigenvalue weighted by Crippen LogP contribution is -2.47. The molecule has 9 heteroatoms. The lowest BCUT2D eigenvalue weighted by molar-refractivity contribution is -0.151. The Bertz CT molecular complexity index is 866. The van der Waals surface area contributed by atoms with Gasteiger partial charge in [0, 0.05) is 19.4 Å². The highest BCUT2D eigenvalue weighted by molar-refractivity contribution is 5.83. The number of carbonyl (C=O) groups excluding carboxylic acids is 3. The summed E-state index contributed by atoms with van der Waals surface area (Å²) in [5, 5.41) is 23.9. The third-order valence-corrected chi connectivity index (χ3v) is 10.0. The fourth-order valence-electron chi connectivity index (χ4n) is 6.68. The highest BCUT2D eigenvalue weighted by Crippen LogP contribution is 2.17. The van der Waals surface area contributed by atoms with Crippen molar-refractivity contribution in [1.29, 1.82) is 0 Å². The van der Waals surface area contributed by atoms with Crippen molar-refractivity contribution >= 4 is 23.8 Å². The van der Waals surface area contributed by atoms with Crippen LogP contribution in [-0.2, 0) is 23.9 Å². The van der Waals surface area contributed by atoms with Gasteiger partial charge in [-0.1, -0.05) is 168 Å². The monoisotopic (exact) mass is 739 g/mol. The first-order valence-electron chi connectivity index (χ1n) is 21.9. The molecule has 0 fully saturated rings. The largest absolute Gasteiger partial charge is 0.480 e. The number of ether oxygens (including phenoxy) is 1. The first-order chi connectivity index (χ1) is 25.2. The number of hydrogen-bond donors (Lipinski definition) is 4. The van der Waals surface area contributed by atoms with E-state index in [9.17, 15) is 24.3 Å². The Morgan fingerprint density at radius 1 is 0.538 bits per heavy atom. The van der Waals surface area contributed by atoms with Gasteiger partial charge in [0.25, 0.3) is 0 Å². The Morgan fingerprint density at radius 2 is 0.942 bits per heavy atom. The van der Waals surface area contributed by atoms with Crippen LogP contribution in [0.25, 0.3) is 0 Å². The van der Waals surface area contributed by atoms with Crippen molar-refractivity contribution in [3.8, 4) is 0 Å². The number of esters is 1. The molecular formula is C43H82N2O7. The fraction of sp³-hybridized carbons (Fsp3) is 0.907. The van der Waals surface area contributed by atoms with Gasteiger partial charge in [-0.25, -0.2) is 4.79 Å². The number of carbonyl (C=O) groups is 4. The molecule has 0 saturated carbocycles. The summed E-state index contributed by atoms with van der Waals surface area (Å²) in [6.45, 7) is 6.21. The summed E-state index contributed by atoms with van der Waals surface area (Å²) >= 11 is 0. The van der Waals surface area contributed by atoms with Gasteiger partial charge in [0.15, 0.2) is 6.04 Å². The minimum absolute atomic E-state index is 0.102. The Kier molecular flexibility index (Phi) is 35.6. The van der Waals surface area contributed by atoms with Crippen molar-refractivity contribution in [2.75, 3.05) is 6.54 Å². The third kappa shape index (κ3) is 33.7. The van der Waals surface area contributed by atoms with Gasteiger partial charge >= 0.3 is 11.9 Å². The second-order valence-electron chi connectivity index (χ2n) is 15.3. The molecule has 0 bridgehead atoms. The quantitative estimate of drug-likeness (QED) is 0.0363. The Morgan fingerprint density at radius 3 is 1.37 bits per heavy atom. The van der Waals surface area contributed by atoms with Gasteiger partial charge in [0.05, 0.1) is 12.5 Å². The van der Waals surface area contributed by atoms with Gasteiger partial charge in [0.1, 0.15) is 6.10 Å². The third-order valence-electron chi connectivity index (χ3n) is 10.0. The van der Waals surface area contributed by atoms with E-state index in [2.05, 4.69) is 24.5 Å². The van der Waals surface area contributed by atoms with Crippen LogP contribution in [0.5, 0.6) is 0 Å². The molecule has 9 nitrogen and oxygen atoms in total. The maximum atomic E-state index is 12.8. The van der Waals surface area contributed by atoms with Crippen molar-refractivity contribution in [2.24, 2.45) is 0 Å². The average Bonchev–Trinajstić information content (AvgIpc) is 3.10. The predicted octanol–water partition coefficient (Wildman–Crippen LogP) is 10.5. The molecule has 3 atom stereocenters. The maximum Gasteiger partial charge on any atom is 0.328 e. The molecule has 52 heavy (non-hydrogen) atoms. The van der Waals surface area contributed by atoms with Gasteiger partial charge in [-0.3, -0.25) is 14.4 Å². The van der Waals surface area contributed by atoms with E-state index in [0.29, 0.717) is 32.2 Å². The highest BCUT2D eigenvalue weighted by atomic mass is 16.5. The van der Waals surface area contributed by atoms with Crippen LogP contribution in [0.15, 0.2) is 0 Å². The number of carboxylic acid groups (broad SMARTS) is 1. The Balaban J connectivity index is 4.41. The smallest absolute Gasteiger partial charge is 0.328 e. The molecule has 0 radical (unpaired) electrons. The summed E-state index contributed by atoms with van der Waals surface area (Å²) in [5.41, 5.74) is 0. The molecule has 0 aliphatic heterocycles. The zero-order chi connectivity index (χ0) is 38.5. The van der Waals surface area contributed by atoms with Crippen LogP contribution in [-0.4, -0.2) is 58.8 Å². The highest BCUT2D eigenvalue weighted by Gasteiger charge is 2.24. The van der Waals surface area contributed by atoms with E-state index in [1.165, 1.54) is 142 Å². The van der Waals surface area contributed by atoms with E-state index in [-0.39, 0.29) is 24.7 Å². The molecule has 0 aromatic rings. The van der Waals surface area contributed by atoms with Crippen molar-refractivity contribution in [3.63, 3.8) is 0 Å². The second-order valence-corrected chi connectivity index (χ2v) is 15.3. The van der Waals surface area contributed by atoms with Crippen LogP contribution in [0.1, 0.15) is 226 Å². The fourth-order valence-corrected chi connectivity index (χ4v) is 6.68. The van der Waals surface area contributed by atoms with Gasteiger partial charge in [-0.05, 0) is 39.0 Å². The molecule has 1 unspecified atom stereocenters. The SMILES string of the molecule is CCCCCCCCCCCCCCCC(=O)OC(CCCCCCCCCCCCCCC)CC(=O)NCCCCC(=O)N[C@H](C(=O)O)[C@@H](C)O. The number of aliphatic hydroxyl groups excluding tert-OH is 1. The van der Waals surface area contributed by atoms with Crippen LogP contribution >= 0.6 is 0 Å². The van der Waals surface area contributed by atoms with E-state index >= 15 is 0 Å². The lowest BCUT2D eigenvalue weighted by Gasteiger charge is -2.18. The van der Waals surface area contributed by atoms with E-state index in [1.54, 1.807) is 0 Å². The first-order valence-corrected chi connectivity index (χ1v) is 21.9. The summed E-state index contributed by atoms with van der Waals surface area (Å²) in [4.78, 5) is 48.8. The molecule has 0 saturated heterocycles. The van der Waals surface area contributed by atoms with Gasteiger partial charge < -0.3 is 25.6 Å². The number of carboxylic acids is 1. The molecule has 0 aromatic heterocycles. The van der Waals surface area contributed by atoms with E-state index < -0.39 is 30.1 Å². The summed E-state index contributed by atoms with van der Waals surface area (Å²) in [6, 6.07) is -1.34. The molecule has 306 valence electrons. The normalized spacial score (nSPS) is 13.0. The number of amides is 2. The van der Waals surface area contributed by atoms with Crippen LogP contribution in [0.2, 0.25) is 0 Å². The van der Waals surface area contributed by atoms with Gasteiger partial charge in [0.2, 0.25) is 11.8 Å². The number of rotatable bonds is 39. The van der Waals surface area contributed by atoms with Crippen molar-refractivity contribution in [3.05, 3.63) is 0 Å². The summed E-state index contributed by atoms with van der Waals surface area (Å²) in [5.74, 6) is -2.11. The van der Waals surface area contributed by atoms with Gasteiger partial charge in [-0.2, -0.15) is 0 Å². The summed E-state index contributed by atoms with van der Waals surface area (Å²) in [7, 11) is 0. The van der Waals surface area contributed by atoms with Gasteiger partial charge in [-0.15, -0.1) is 0 Å². The standard InChI is InChI=1S/C43H82N2O7/c1-4-6-8-10-12-14-16-18-20-22-24-26-28-32-38(36-40(48)44-35-31-30-33-39(47)45-42(37(3)46)43(50)51)52-41(49)34-29-27-25-23-21-19-17-15-13-11-9-7-5-2/h37-38,42,46H,4-36H2,1-3H3,(H,44,48)(H,45,47)(H,50,51)/t37-,38?,42+/m1/s1. The van der Waals surface area contributed by atoms with Crippen LogP contribution < -0.4 is 10.6 Å². The molecule has 0 heterocycles. The molecule has 0 aliphatic rings. The Labute approximate surface area is 319 Å². The summed E-state index contributed by atoms with van der Waals surface area (Å²) in [6.07, 6.45) is 33.4.